The van der Waals surface area contributed by atoms with Crippen LogP contribution in [0.25, 0.3) is 0 Å². The Morgan fingerprint density at radius 1 is 1.30 bits per heavy atom. The standard InChI is InChI=1S/C9H9Br/c10-6-8-3-1-2-7-4-5-9(7)8/h1-3H,4-6H2. The van der Waals surface area contributed by atoms with E-state index in [0.717, 1.165) is 5.33 Å². The van der Waals surface area contributed by atoms with Crippen LogP contribution >= 0.6 is 15.9 Å². The third-order valence-electron chi connectivity index (χ3n) is 2.16. The molecule has 0 radical (unpaired) electrons. The van der Waals surface area contributed by atoms with Crippen molar-refractivity contribution in [3.8, 4) is 0 Å². The van der Waals surface area contributed by atoms with Gasteiger partial charge in [-0.15, -0.1) is 0 Å². The zero-order chi connectivity index (χ0) is 6.97. The van der Waals surface area contributed by atoms with E-state index in [1.54, 1.807) is 11.1 Å². The summed E-state index contributed by atoms with van der Waals surface area (Å²) in [7, 11) is 0. The molecule has 0 fully saturated rings. The van der Waals surface area contributed by atoms with Gasteiger partial charge in [-0.1, -0.05) is 34.1 Å². The van der Waals surface area contributed by atoms with E-state index in [-0.39, 0.29) is 0 Å². The van der Waals surface area contributed by atoms with Crippen LogP contribution < -0.4 is 0 Å². The van der Waals surface area contributed by atoms with Gasteiger partial charge in [0.05, 0.1) is 0 Å². The van der Waals surface area contributed by atoms with Crippen LogP contribution in [0.2, 0.25) is 0 Å². The van der Waals surface area contributed by atoms with Gasteiger partial charge < -0.3 is 0 Å². The van der Waals surface area contributed by atoms with Gasteiger partial charge in [0.2, 0.25) is 0 Å². The summed E-state index contributed by atoms with van der Waals surface area (Å²) in [6.45, 7) is 0. The Hall–Kier alpha value is -0.300. The maximum atomic E-state index is 3.48. The van der Waals surface area contributed by atoms with E-state index >= 15 is 0 Å². The lowest BCUT2D eigenvalue weighted by Gasteiger charge is -2.21. The van der Waals surface area contributed by atoms with Crippen molar-refractivity contribution in [3.63, 3.8) is 0 Å². The molecule has 1 aliphatic rings. The first-order valence-electron chi connectivity index (χ1n) is 3.57. The molecule has 0 saturated heterocycles. The molecular formula is C9H9Br. The maximum Gasteiger partial charge on any atom is 0.0285 e. The SMILES string of the molecule is BrCc1cccc2c1CC2. The average Bonchev–Trinajstić information content (AvgIpc) is 1.91. The lowest BCUT2D eigenvalue weighted by molar-refractivity contribution is 0.826. The minimum Gasteiger partial charge on any atom is -0.0876 e. The summed E-state index contributed by atoms with van der Waals surface area (Å²) in [5.41, 5.74) is 4.61. The van der Waals surface area contributed by atoms with Gasteiger partial charge in [0.15, 0.2) is 0 Å². The van der Waals surface area contributed by atoms with Crippen molar-refractivity contribution >= 4 is 15.9 Å². The predicted octanol–water partition coefficient (Wildman–Crippen LogP) is 2.68. The zero-order valence-corrected chi connectivity index (χ0v) is 7.32. The second-order valence-corrected chi connectivity index (χ2v) is 3.25. The van der Waals surface area contributed by atoms with Crippen molar-refractivity contribution < 1.29 is 0 Å². The summed E-state index contributed by atoms with van der Waals surface area (Å²) < 4.78 is 0. The van der Waals surface area contributed by atoms with Crippen LogP contribution in [0, 0.1) is 0 Å². The third kappa shape index (κ3) is 0.807. The Labute approximate surface area is 69.4 Å². The average molecular weight is 197 g/mol. The van der Waals surface area contributed by atoms with Crippen molar-refractivity contribution in [2.45, 2.75) is 18.2 Å². The highest BCUT2D eigenvalue weighted by Crippen LogP contribution is 2.27. The smallest absolute Gasteiger partial charge is 0.0285 e. The Morgan fingerprint density at radius 2 is 2.20 bits per heavy atom. The highest BCUT2D eigenvalue weighted by atomic mass is 79.9. The van der Waals surface area contributed by atoms with Crippen LogP contribution in [0.4, 0.5) is 0 Å². The number of halogens is 1. The zero-order valence-electron chi connectivity index (χ0n) is 5.73. The Bertz CT molecular complexity index is 253. The largest absolute Gasteiger partial charge is 0.0876 e. The van der Waals surface area contributed by atoms with Crippen LogP contribution in [0.5, 0.6) is 0 Å². The van der Waals surface area contributed by atoms with E-state index in [2.05, 4.69) is 34.1 Å². The number of aryl methyl sites for hydroxylation is 1. The molecule has 0 heterocycles. The number of alkyl halides is 1. The first kappa shape index (κ1) is 6.41. The lowest BCUT2D eigenvalue weighted by Crippen LogP contribution is -2.10. The topological polar surface area (TPSA) is 0 Å². The molecular weight excluding hydrogens is 188 g/mol. The van der Waals surface area contributed by atoms with Crippen molar-refractivity contribution in [2.24, 2.45) is 0 Å². The molecule has 2 rings (SSSR count). The number of hydrogen-bond donors (Lipinski definition) is 0. The van der Waals surface area contributed by atoms with Gasteiger partial charge >= 0.3 is 0 Å². The highest BCUT2D eigenvalue weighted by Gasteiger charge is 2.14. The minimum atomic E-state index is 1.01. The molecule has 1 heteroatoms. The summed E-state index contributed by atoms with van der Waals surface area (Å²) in [5.74, 6) is 0. The fourth-order valence-corrected chi connectivity index (χ4v) is 1.98. The molecule has 0 aromatic heterocycles. The molecule has 0 unspecified atom stereocenters. The second-order valence-electron chi connectivity index (χ2n) is 2.69. The van der Waals surface area contributed by atoms with Crippen LogP contribution in [-0.2, 0) is 18.2 Å². The van der Waals surface area contributed by atoms with E-state index in [1.807, 2.05) is 0 Å². The summed E-state index contributed by atoms with van der Waals surface area (Å²) in [5, 5.41) is 1.01. The lowest BCUT2D eigenvalue weighted by atomic mass is 9.85. The Morgan fingerprint density at radius 3 is 2.70 bits per heavy atom. The predicted molar refractivity (Wildman–Crippen MR) is 46.5 cm³/mol. The molecule has 0 spiro atoms. The first-order chi connectivity index (χ1) is 4.92. The maximum absolute atomic E-state index is 3.48. The van der Waals surface area contributed by atoms with Gasteiger partial charge in [-0.05, 0) is 29.5 Å². The van der Waals surface area contributed by atoms with Crippen molar-refractivity contribution in [1.82, 2.24) is 0 Å². The minimum absolute atomic E-state index is 1.01. The van der Waals surface area contributed by atoms with E-state index in [0.29, 0.717) is 0 Å². The van der Waals surface area contributed by atoms with E-state index in [9.17, 15) is 0 Å². The number of benzene rings is 1. The molecule has 1 aliphatic carbocycles. The fourth-order valence-electron chi connectivity index (χ4n) is 1.45. The molecule has 0 bridgehead atoms. The van der Waals surface area contributed by atoms with E-state index in [4.69, 9.17) is 0 Å². The molecule has 0 amide bonds. The second kappa shape index (κ2) is 2.39. The number of hydrogen-bond acceptors (Lipinski definition) is 0. The molecule has 0 N–H and O–H groups in total. The first-order valence-corrected chi connectivity index (χ1v) is 4.69. The number of fused-ring (bicyclic) bond motifs is 1. The molecule has 0 atom stereocenters. The highest BCUT2D eigenvalue weighted by molar-refractivity contribution is 9.08. The van der Waals surface area contributed by atoms with Gasteiger partial charge in [0, 0.05) is 5.33 Å². The molecule has 0 saturated carbocycles. The molecule has 1 aromatic rings. The normalized spacial score (nSPS) is 14.1. The van der Waals surface area contributed by atoms with Gasteiger partial charge in [-0.2, -0.15) is 0 Å². The summed E-state index contributed by atoms with van der Waals surface area (Å²) in [4.78, 5) is 0. The van der Waals surface area contributed by atoms with Crippen LogP contribution in [0.15, 0.2) is 18.2 Å². The molecule has 0 aliphatic heterocycles. The molecule has 1 aromatic carbocycles. The van der Waals surface area contributed by atoms with Gasteiger partial charge in [0.25, 0.3) is 0 Å². The Kier molecular flexibility index (Phi) is 1.53. The van der Waals surface area contributed by atoms with Crippen LogP contribution in [0.1, 0.15) is 16.7 Å². The summed E-state index contributed by atoms with van der Waals surface area (Å²) in [6.07, 6.45) is 2.58. The molecule has 52 valence electrons. The molecule has 0 nitrogen and oxygen atoms in total. The van der Waals surface area contributed by atoms with E-state index < -0.39 is 0 Å². The van der Waals surface area contributed by atoms with Gasteiger partial charge in [0.1, 0.15) is 0 Å². The van der Waals surface area contributed by atoms with Crippen molar-refractivity contribution in [2.75, 3.05) is 0 Å². The monoisotopic (exact) mass is 196 g/mol. The Balaban J connectivity index is 2.51. The summed E-state index contributed by atoms with van der Waals surface area (Å²) in [6, 6.07) is 6.58. The number of rotatable bonds is 1. The van der Waals surface area contributed by atoms with Crippen molar-refractivity contribution in [1.29, 1.82) is 0 Å². The van der Waals surface area contributed by atoms with Gasteiger partial charge in [-0.25, -0.2) is 0 Å². The molecule has 10 heavy (non-hydrogen) atoms. The summed E-state index contributed by atoms with van der Waals surface area (Å²) >= 11 is 3.48. The van der Waals surface area contributed by atoms with Crippen molar-refractivity contribution in [3.05, 3.63) is 34.9 Å². The quantitative estimate of drug-likeness (QED) is 0.607. The van der Waals surface area contributed by atoms with Crippen LogP contribution in [-0.4, -0.2) is 0 Å². The van der Waals surface area contributed by atoms with Crippen LogP contribution in [0.3, 0.4) is 0 Å². The van der Waals surface area contributed by atoms with E-state index in [1.165, 1.54) is 18.4 Å². The fraction of sp³-hybridized carbons (Fsp3) is 0.333. The van der Waals surface area contributed by atoms with Gasteiger partial charge in [-0.3, -0.25) is 0 Å². The third-order valence-corrected chi connectivity index (χ3v) is 2.76.